The maximum absolute atomic E-state index is 11.9. The summed E-state index contributed by atoms with van der Waals surface area (Å²) < 4.78 is 15.5. The summed E-state index contributed by atoms with van der Waals surface area (Å²) in [6.07, 6.45) is 0.117. The van der Waals surface area contributed by atoms with Crippen molar-refractivity contribution in [1.82, 2.24) is 0 Å². The Kier molecular flexibility index (Phi) is 5.19. The zero-order valence-electron chi connectivity index (χ0n) is 12.0. The third-order valence-corrected chi connectivity index (χ3v) is 2.89. The van der Waals surface area contributed by atoms with Gasteiger partial charge >= 0.3 is 11.9 Å². The van der Waals surface area contributed by atoms with Crippen molar-refractivity contribution in [2.45, 2.75) is 19.4 Å². The number of aliphatic carboxylic acids is 1. The van der Waals surface area contributed by atoms with E-state index in [2.05, 4.69) is 0 Å². The second-order valence-electron chi connectivity index (χ2n) is 4.47. The summed E-state index contributed by atoms with van der Waals surface area (Å²) in [6, 6.07) is 9.77. The first-order valence-electron chi connectivity index (χ1n) is 6.79. The van der Waals surface area contributed by atoms with E-state index in [1.165, 1.54) is 12.3 Å². The van der Waals surface area contributed by atoms with Crippen molar-refractivity contribution < 1.29 is 28.6 Å². The van der Waals surface area contributed by atoms with Gasteiger partial charge in [0.15, 0.2) is 0 Å². The van der Waals surface area contributed by atoms with E-state index in [-0.39, 0.29) is 12.2 Å². The maximum atomic E-state index is 11.9. The molecule has 0 aliphatic rings. The summed E-state index contributed by atoms with van der Waals surface area (Å²) >= 11 is 0. The van der Waals surface area contributed by atoms with Crippen LogP contribution in [-0.2, 0) is 9.53 Å². The number of carboxylic acids is 1. The quantitative estimate of drug-likeness (QED) is 0.791. The van der Waals surface area contributed by atoms with Crippen LogP contribution in [-0.4, -0.2) is 23.7 Å². The molecule has 0 radical (unpaired) electrons. The normalized spacial score (nSPS) is 11.7. The van der Waals surface area contributed by atoms with E-state index in [0.717, 1.165) is 0 Å². The van der Waals surface area contributed by atoms with Crippen molar-refractivity contribution in [3.05, 3.63) is 54.0 Å². The van der Waals surface area contributed by atoms with Gasteiger partial charge < -0.3 is 19.0 Å². The van der Waals surface area contributed by atoms with E-state index in [1.807, 2.05) is 6.92 Å². The predicted octanol–water partition coefficient (Wildman–Crippen LogP) is 3.05. The Balaban J connectivity index is 2.14. The highest BCUT2D eigenvalue weighted by atomic mass is 16.6. The van der Waals surface area contributed by atoms with Gasteiger partial charge in [0, 0.05) is 0 Å². The Morgan fingerprint density at radius 2 is 1.95 bits per heavy atom. The smallest absolute Gasteiger partial charge is 0.374 e. The fourth-order valence-electron chi connectivity index (χ4n) is 1.91. The van der Waals surface area contributed by atoms with Crippen molar-refractivity contribution >= 4 is 11.9 Å². The van der Waals surface area contributed by atoms with E-state index in [4.69, 9.17) is 19.0 Å². The van der Waals surface area contributed by atoms with Gasteiger partial charge in [-0.25, -0.2) is 4.79 Å². The zero-order valence-corrected chi connectivity index (χ0v) is 12.0. The molecule has 1 aromatic carbocycles. The number of carbonyl (C=O) groups excluding carboxylic acids is 1. The monoisotopic (exact) mass is 304 g/mol. The first-order valence-corrected chi connectivity index (χ1v) is 6.79. The van der Waals surface area contributed by atoms with Crippen LogP contribution >= 0.6 is 0 Å². The molecule has 0 fully saturated rings. The van der Waals surface area contributed by atoms with Crippen LogP contribution in [0, 0.1) is 0 Å². The number of furan rings is 1. The second kappa shape index (κ2) is 7.31. The molecule has 0 aliphatic carbocycles. The van der Waals surface area contributed by atoms with Crippen LogP contribution in [0.25, 0.3) is 0 Å². The molecule has 0 saturated carbocycles. The van der Waals surface area contributed by atoms with E-state index in [0.29, 0.717) is 17.9 Å². The Morgan fingerprint density at radius 1 is 1.23 bits per heavy atom. The number of rotatable bonds is 7. The topological polar surface area (TPSA) is 86.0 Å². The molecule has 0 spiro atoms. The van der Waals surface area contributed by atoms with Gasteiger partial charge in [-0.3, -0.25) is 4.79 Å². The molecule has 0 bridgehead atoms. The van der Waals surface area contributed by atoms with Crippen molar-refractivity contribution in [2.75, 3.05) is 6.61 Å². The molecule has 1 heterocycles. The Morgan fingerprint density at radius 3 is 2.50 bits per heavy atom. The largest absolute Gasteiger partial charge is 0.494 e. The fourth-order valence-corrected chi connectivity index (χ4v) is 1.91. The van der Waals surface area contributed by atoms with Crippen molar-refractivity contribution in [3.8, 4) is 5.75 Å². The SMILES string of the molecule is CCOc1ccc(C(CC(=O)O)OC(=O)c2ccco2)cc1. The van der Waals surface area contributed by atoms with Crippen LogP contribution in [0.1, 0.15) is 35.6 Å². The highest BCUT2D eigenvalue weighted by Crippen LogP contribution is 2.25. The molecule has 0 saturated heterocycles. The summed E-state index contributed by atoms with van der Waals surface area (Å²) in [4.78, 5) is 22.9. The van der Waals surface area contributed by atoms with Gasteiger partial charge in [0.1, 0.15) is 11.9 Å². The lowest BCUT2D eigenvalue weighted by molar-refractivity contribution is -0.139. The molecule has 2 aromatic rings. The van der Waals surface area contributed by atoms with Crippen molar-refractivity contribution in [2.24, 2.45) is 0 Å². The highest BCUT2D eigenvalue weighted by Gasteiger charge is 2.22. The number of esters is 1. The Labute approximate surface area is 127 Å². The molecular formula is C16H16O6. The average Bonchev–Trinajstić information content (AvgIpc) is 3.01. The Bertz CT molecular complexity index is 615. The molecule has 1 atom stereocenters. The molecule has 6 nitrogen and oxygen atoms in total. The number of carboxylic acid groups (broad SMARTS) is 1. The molecule has 2 rings (SSSR count). The molecule has 1 aromatic heterocycles. The molecule has 116 valence electrons. The number of benzene rings is 1. The molecule has 6 heteroatoms. The summed E-state index contributed by atoms with van der Waals surface area (Å²) in [5.41, 5.74) is 0.575. The number of ether oxygens (including phenoxy) is 2. The highest BCUT2D eigenvalue weighted by molar-refractivity contribution is 5.86. The van der Waals surface area contributed by atoms with Crippen LogP contribution in [0.15, 0.2) is 47.1 Å². The van der Waals surface area contributed by atoms with Crippen LogP contribution in [0.2, 0.25) is 0 Å². The molecule has 1 N–H and O–H groups in total. The summed E-state index contributed by atoms with van der Waals surface area (Å²) in [5, 5.41) is 8.99. The van der Waals surface area contributed by atoms with Crippen LogP contribution in [0.3, 0.4) is 0 Å². The minimum atomic E-state index is -1.06. The van der Waals surface area contributed by atoms with Crippen molar-refractivity contribution in [3.63, 3.8) is 0 Å². The van der Waals surface area contributed by atoms with E-state index >= 15 is 0 Å². The van der Waals surface area contributed by atoms with Gasteiger partial charge in [0.2, 0.25) is 5.76 Å². The third kappa shape index (κ3) is 4.12. The lowest BCUT2D eigenvalue weighted by Crippen LogP contribution is -2.15. The minimum Gasteiger partial charge on any atom is -0.494 e. The lowest BCUT2D eigenvalue weighted by atomic mass is 10.1. The molecular weight excluding hydrogens is 288 g/mol. The first-order chi connectivity index (χ1) is 10.6. The average molecular weight is 304 g/mol. The Hall–Kier alpha value is -2.76. The number of hydrogen-bond acceptors (Lipinski definition) is 5. The fraction of sp³-hybridized carbons (Fsp3) is 0.250. The van der Waals surface area contributed by atoms with Gasteiger partial charge in [0.25, 0.3) is 0 Å². The van der Waals surface area contributed by atoms with E-state index in [1.54, 1.807) is 30.3 Å². The van der Waals surface area contributed by atoms with E-state index < -0.39 is 18.0 Å². The van der Waals surface area contributed by atoms with Crippen LogP contribution in [0.4, 0.5) is 0 Å². The summed E-state index contributed by atoms with van der Waals surface area (Å²) in [7, 11) is 0. The molecule has 1 unspecified atom stereocenters. The molecule has 22 heavy (non-hydrogen) atoms. The molecule has 0 amide bonds. The van der Waals surface area contributed by atoms with Gasteiger partial charge in [-0.1, -0.05) is 12.1 Å². The van der Waals surface area contributed by atoms with Gasteiger partial charge in [-0.05, 0) is 36.8 Å². The number of carbonyl (C=O) groups is 2. The standard InChI is InChI=1S/C16H16O6/c1-2-20-12-7-5-11(6-8-12)14(10-15(17)18)22-16(19)13-4-3-9-21-13/h3-9,14H,2,10H2,1H3,(H,17,18). The predicted molar refractivity (Wildman–Crippen MR) is 76.7 cm³/mol. The summed E-state index contributed by atoms with van der Waals surface area (Å²) in [5.74, 6) is -1.07. The zero-order chi connectivity index (χ0) is 15.9. The van der Waals surface area contributed by atoms with Crippen LogP contribution < -0.4 is 4.74 Å². The van der Waals surface area contributed by atoms with Gasteiger partial charge in [-0.2, -0.15) is 0 Å². The second-order valence-corrected chi connectivity index (χ2v) is 4.47. The van der Waals surface area contributed by atoms with Gasteiger partial charge in [0.05, 0.1) is 19.3 Å². The van der Waals surface area contributed by atoms with Crippen molar-refractivity contribution in [1.29, 1.82) is 0 Å². The minimum absolute atomic E-state index is 0.0290. The summed E-state index contributed by atoms with van der Waals surface area (Å²) in [6.45, 7) is 2.40. The van der Waals surface area contributed by atoms with Crippen LogP contribution in [0.5, 0.6) is 5.75 Å². The number of hydrogen-bond donors (Lipinski definition) is 1. The maximum Gasteiger partial charge on any atom is 0.374 e. The van der Waals surface area contributed by atoms with Gasteiger partial charge in [-0.15, -0.1) is 0 Å². The third-order valence-electron chi connectivity index (χ3n) is 2.89. The lowest BCUT2D eigenvalue weighted by Gasteiger charge is -2.16. The van der Waals surface area contributed by atoms with E-state index in [9.17, 15) is 9.59 Å². The molecule has 0 aliphatic heterocycles. The first kappa shape index (κ1) is 15.6.